The third-order valence-electron chi connectivity index (χ3n) is 4.18. The van der Waals surface area contributed by atoms with Crippen LogP contribution in [0.3, 0.4) is 0 Å². The monoisotopic (exact) mass is 276 g/mol. The minimum absolute atomic E-state index is 0.676. The van der Waals surface area contributed by atoms with Crippen molar-refractivity contribution in [2.75, 3.05) is 63.2 Å². The molecule has 0 amide bonds. The highest BCUT2D eigenvalue weighted by molar-refractivity contribution is 5.44. The predicted molar refractivity (Wildman–Crippen MR) is 81.4 cm³/mol. The van der Waals surface area contributed by atoms with Gasteiger partial charge in [0.25, 0.3) is 0 Å². The fourth-order valence-corrected chi connectivity index (χ4v) is 3.03. The minimum Gasteiger partial charge on any atom is -0.355 e. The van der Waals surface area contributed by atoms with Crippen LogP contribution in [0.5, 0.6) is 0 Å². The van der Waals surface area contributed by atoms with Crippen molar-refractivity contribution in [2.45, 2.75) is 12.5 Å². The number of piperazine rings is 1. The van der Waals surface area contributed by atoms with Gasteiger partial charge in [-0.05, 0) is 12.5 Å². The van der Waals surface area contributed by atoms with Gasteiger partial charge in [-0.1, -0.05) is 0 Å². The van der Waals surface area contributed by atoms with Crippen LogP contribution in [0, 0.1) is 0 Å². The second-order valence-corrected chi connectivity index (χ2v) is 5.78. The Kier molecular flexibility index (Phi) is 4.03. The second-order valence-electron chi connectivity index (χ2n) is 5.78. The minimum atomic E-state index is 0.676. The van der Waals surface area contributed by atoms with Gasteiger partial charge in [-0.15, -0.1) is 0 Å². The van der Waals surface area contributed by atoms with Crippen molar-refractivity contribution < 1.29 is 0 Å². The largest absolute Gasteiger partial charge is 0.355 e. The number of nitrogens with one attached hydrogen (secondary N) is 1. The van der Waals surface area contributed by atoms with E-state index in [1.807, 2.05) is 31.3 Å². The molecule has 1 atom stereocenters. The number of nitrogens with zero attached hydrogens (tertiary/aromatic N) is 5. The number of aromatic nitrogens is 2. The first-order valence-electron chi connectivity index (χ1n) is 7.44. The maximum atomic E-state index is 4.64. The van der Waals surface area contributed by atoms with E-state index in [0.29, 0.717) is 6.04 Å². The molecule has 1 unspecified atom stereocenters. The summed E-state index contributed by atoms with van der Waals surface area (Å²) >= 11 is 0. The van der Waals surface area contributed by atoms with Gasteiger partial charge in [0.2, 0.25) is 5.95 Å². The van der Waals surface area contributed by atoms with Crippen LogP contribution in [-0.2, 0) is 0 Å². The molecule has 2 aliphatic heterocycles. The van der Waals surface area contributed by atoms with E-state index in [1.165, 1.54) is 19.5 Å². The fraction of sp³-hybridized carbons (Fsp3) is 0.714. The summed E-state index contributed by atoms with van der Waals surface area (Å²) in [4.78, 5) is 15.9. The Balaban J connectivity index is 1.65. The molecular weight excluding hydrogens is 252 g/mol. The van der Waals surface area contributed by atoms with Crippen LogP contribution in [0.2, 0.25) is 0 Å². The molecule has 0 spiro atoms. The second kappa shape index (κ2) is 5.93. The summed E-state index contributed by atoms with van der Waals surface area (Å²) in [5, 5.41) is 3.42. The molecule has 110 valence electrons. The van der Waals surface area contributed by atoms with Gasteiger partial charge in [0.1, 0.15) is 5.82 Å². The lowest BCUT2D eigenvalue weighted by molar-refractivity contribution is 0.185. The van der Waals surface area contributed by atoms with Gasteiger partial charge in [-0.3, -0.25) is 4.90 Å². The van der Waals surface area contributed by atoms with Crippen LogP contribution in [0.15, 0.2) is 12.3 Å². The van der Waals surface area contributed by atoms with E-state index in [0.717, 1.165) is 37.9 Å². The zero-order chi connectivity index (χ0) is 13.9. The quantitative estimate of drug-likeness (QED) is 0.840. The average Bonchev–Trinajstić information content (AvgIpc) is 2.98. The molecule has 2 fully saturated rings. The lowest BCUT2D eigenvalue weighted by atomic mass is 10.2. The first-order valence-corrected chi connectivity index (χ1v) is 7.44. The van der Waals surface area contributed by atoms with Crippen molar-refractivity contribution in [1.29, 1.82) is 0 Å². The maximum absolute atomic E-state index is 4.64. The standard InChI is InChI=1S/C14H24N6/c1-18(2)14-16-5-3-13(17-14)20-8-4-12(11-20)19-9-6-15-7-10-19/h3,5,12,15H,4,6-11H2,1-2H3. The Labute approximate surface area is 120 Å². The summed E-state index contributed by atoms with van der Waals surface area (Å²) in [5.41, 5.74) is 0. The van der Waals surface area contributed by atoms with Gasteiger partial charge in [0.15, 0.2) is 0 Å². The first kappa shape index (κ1) is 13.6. The van der Waals surface area contributed by atoms with Crippen molar-refractivity contribution >= 4 is 11.8 Å². The van der Waals surface area contributed by atoms with Gasteiger partial charge in [-0.2, -0.15) is 4.98 Å². The topological polar surface area (TPSA) is 47.5 Å². The highest BCUT2D eigenvalue weighted by Crippen LogP contribution is 2.22. The van der Waals surface area contributed by atoms with Crippen molar-refractivity contribution in [2.24, 2.45) is 0 Å². The lowest BCUT2D eigenvalue weighted by Crippen LogP contribution is -2.49. The van der Waals surface area contributed by atoms with Crippen LogP contribution in [0.25, 0.3) is 0 Å². The predicted octanol–water partition coefficient (Wildman–Crippen LogP) is 0.0265. The fourth-order valence-electron chi connectivity index (χ4n) is 3.03. The van der Waals surface area contributed by atoms with E-state index in [1.54, 1.807) is 0 Å². The van der Waals surface area contributed by atoms with E-state index in [2.05, 4.69) is 25.1 Å². The van der Waals surface area contributed by atoms with Crippen molar-refractivity contribution in [3.05, 3.63) is 12.3 Å². The third kappa shape index (κ3) is 2.86. The molecule has 3 rings (SSSR count). The molecule has 2 saturated heterocycles. The van der Waals surface area contributed by atoms with Gasteiger partial charge in [0, 0.05) is 65.6 Å². The Morgan fingerprint density at radius 2 is 2.05 bits per heavy atom. The average molecular weight is 276 g/mol. The summed E-state index contributed by atoms with van der Waals surface area (Å²) in [6.07, 6.45) is 3.09. The summed E-state index contributed by atoms with van der Waals surface area (Å²) in [5.74, 6) is 1.84. The van der Waals surface area contributed by atoms with Crippen molar-refractivity contribution in [3.63, 3.8) is 0 Å². The van der Waals surface area contributed by atoms with E-state index in [9.17, 15) is 0 Å². The molecule has 0 radical (unpaired) electrons. The molecule has 1 aromatic rings. The summed E-state index contributed by atoms with van der Waals surface area (Å²) in [7, 11) is 3.96. The summed E-state index contributed by atoms with van der Waals surface area (Å²) in [6.45, 7) is 6.77. The highest BCUT2D eigenvalue weighted by Gasteiger charge is 2.29. The Morgan fingerprint density at radius 1 is 1.25 bits per heavy atom. The van der Waals surface area contributed by atoms with Crippen LogP contribution in [-0.4, -0.2) is 74.3 Å². The molecule has 0 aromatic carbocycles. The number of hydrogen-bond donors (Lipinski definition) is 1. The summed E-state index contributed by atoms with van der Waals surface area (Å²) in [6, 6.07) is 2.70. The molecule has 0 aliphatic carbocycles. The molecule has 6 nitrogen and oxygen atoms in total. The molecular formula is C14H24N6. The molecule has 1 aromatic heterocycles. The molecule has 0 bridgehead atoms. The molecule has 3 heterocycles. The number of rotatable bonds is 3. The first-order chi connectivity index (χ1) is 9.74. The maximum Gasteiger partial charge on any atom is 0.226 e. The number of anilines is 2. The van der Waals surface area contributed by atoms with Gasteiger partial charge < -0.3 is 15.1 Å². The van der Waals surface area contributed by atoms with Crippen molar-refractivity contribution in [3.8, 4) is 0 Å². The summed E-state index contributed by atoms with van der Waals surface area (Å²) < 4.78 is 0. The molecule has 0 saturated carbocycles. The van der Waals surface area contributed by atoms with Gasteiger partial charge in [-0.25, -0.2) is 4.98 Å². The van der Waals surface area contributed by atoms with Gasteiger partial charge >= 0.3 is 0 Å². The molecule has 6 heteroatoms. The van der Waals surface area contributed by atoms with E-state index >= 15 is 0 Å². The SMILES string of the molecule is CN(C)c1nccc(N2CCC(N3CCNCC3)C2)n1. The molecule has 20 heavy (non-hydrogen) atoms. The van der Waals surface area contributed by atoms with Crippen LogP contribution in [0.1, 0.15) is 6.42 Å². The van der Waals surface area contributed by atoms with Crippen LogP contribution >= 0.6 is 0 Å². The highest BCUT2D eigenvalue weighted by atomic mass is 15.3. The Morgan fingerprint density at radius 3 is 2.80 bits per heavy atom. The smallest absolute Gasteiger partial charge is 0.226 e. The normalized spacial score (nSPS) is 24.1. The van der Waals surface area contributed by atoms with E-state index in [4.69, 9.17) is 0 Å². The number of hydrogen-bond acceptors (Lipinski definition) is 6. The van der Waals surface area contributed by atoms with Crippen molar-refractivity contribution in [1.82, 2.24) is 20.2 Å². The van der Waals surface area contributed by atoms with Crippen LogP contribution < -0.4 is 15.1 Å². The third-order valence-corrected chi connectivity index (χ3v) is 4.18. The van der Waals surface area contributed by atoms with Gasteiger partial charge in [0.05, 0.1) is 0 Å². The van der Waals surface area contributed by atoms with Crippen LogP contribution in [0.4, 0.5) is 11.8 Å². The molecule has 2 aliphatic rings. The zero-order valence-corrected chi connectivity index (χ0v) is 12.4. The Hall–Kier alpha value is -1.40. The lowest BCUT2D eigenvalue weighted by Gasteiger charge is -2.32. The Bertz CT molecular complexity index is 443. The zero-order valence-electron chi connectivity index (χ0n) is 12.4. The van der Waals surface area contributed by atoms with E-state index < -0.39 is 0 Å². The van der Waals surface area contributed by atoms with E-state index in [-0.39, 0.29) is 0 Å². The molecule has 1 N–H and O–H groups in total.